The van der Waals surface area contributed by atoms with Crippen molar-refractivity contribution < 1.29 is 9.13 Å². The zero-order valence-corrected chi connectivity index (χ0v) is 18.1. The van der Waals surface area contributed by atoms with Gasteiger partial charge in [-0.3, -0.25) is 4.98 Å². The molecule has 0 amide bonds. The van der Waals surface area contributed by atoms with Crippen molar-refractivity contribution in [2.45, 2.75) is 32.5 Å². The van der Waals surface area contributed by atoms with E-state index in [1.807, 2.05) is 18.2 Å². The van der Waals surface area contributed by atoms with Crippen LogP contribution in [-0.4, -0.2) is 28.4 Å². The Hall–Kier alpha value is -2.77. The predicted octanol–water partition coefficient (Wildman–Crippen LogP) is 4.46. The largest absolute Gasteiger partial charge is 0.383 e. The van der Waals surface area contributed by atoms with Crippen molar-refractivity contribution in [1.82, 2.24) is 14.9 Å². The van der Waals surface area contributed by atoms with E-state index in [-0.39, 0.29) is 17.9 Å². The zero-order chi connectivity index (χ0) is 21.3. The summed E-state index contributed by atoms with van der Waals surface area (Å²) in [5.41, 5.74) is 5.25. The summed E-state index contributed by atoms with van der Waals surface area (Å²) in [4.78, 5) is 6.65. The highest BCUT2D eigenvalue weighted by molar-refractivity contribution is 7.80. The standard InChI is InChI=1S/C23H25FN4OS/c1-15-14-19(16(2)27(15)12-13-29-3)22-21(20-6-4-5-11-25-20)26-23(30)28(22)18-9-7-17(24)8-10-18/h4-11,14,21-22H,12-13H2,1-3H3,(H,26,30)/t21-,22-/m0/s1. The van der Waals surface area contributed by atoms with Gasteiger partial charge in [-0.05, 0) is 74.1 Å². The van der Waals surface area contributed by atoms with Crippen LogP contribution in [0.25, 0.3) is 0 Å². The van der Waals surface area contributed by atoms with E-state index in [2.05, 4.69) is 39.7 Å². The summed E-state index contributed by atoms with van der Waals surface area (Å²) < 4.78 is 21.1. The molecule has 0 bridgehead atoms. The fraction of sp³-hybridized carbons (Fsp3) is 0.304. The summed E-state index contributed by atoms with van der Waals surface area (Å²) >= 11 is 5.73. The number of benzene rings is 1. The van der Waals surface area contributed by atoms with Gasteiger partial charge >= 0.3 is 0 Å². The molecule has 2 atom stereocenters. The molecule has 1 N–H and O–H groups in total. The predicted molar refractivity (Wildman–Crippen MR) is 120 cm³/mol. The number of ether oxygens (including phenoxy) is 1. The lowest BCUT2D eigenvalue weighted by Gasteiger charge is -2.28. The lowest BCUT2D eigenvalue weighted by atomic mass is 9.96. The third kappa shape index (κ3) is 3.70. The molecule has 1 fully saturated rings. The van der Waals surface area contributed by atoms with E-state index >= 15 is 0 Å². The molecule has 0 radical (unpaired) electrons. The van der Waals surface area contributed by atoms with Gasteiger partial charge in [0.25, 0.3) is 0 Å². The second-order valence-electron chi connectivity index (χ2n) is 7.44. The Balaban J connectivity index is 1.83. The Bertz CT molecular complexity index is 1040. The number of thiocarbonyl (C=S) groups is 1. The molecule has 1 aromatic carbocycles. The first-order valence-electron chi connectivity index (χ1n) is 9.93. The van der Waals surface area contributed by atoms with Crippen molar-refractivity contribution in [3.05, 3.63) is 83.2 Å². The maximum atomic E-state index is 13.6. The van der Waals surface area contributed by atoms with Crippen LogP contribution in [0.3, 0.4) is 0 Å². The molecule has 0 aliphatic carbocycles. The Morgan fingerprint density at radius 3 is 2.60 bits per heavy atom. The zero-order valence-electron chi connectivity index (χ0n) is 17.3. The molecule has 0 unspecified atom stereocenters. The van der Waals surface area contributed by atoms with Crippen molar-refractivity contribution in [3.63, 3.8) is 0 Å². The summed E-state index contributed by atoms with van der Waals surface area (Å²) in [6, 6.07) is 14.3. The fourth-order valence-corrected chi connectivity index (χ4v) is 4.55. The molecule has 0 spiro atoms. The Kier molecular flexibility index (Phi) is 5.83. The first kappa shape index (κ1) is 20.5. The van der Waals surface area contributed by atoms with E-state index in [9.17, 15) is 4.39 Å². The average molecular weight is 425 g/mol. The van der Waals surface area contributed by atoms with E-state index in [0.717, 1.165) is 34.9 Å². The summed E-state index contributed by atoms with van der Waals surface area (Å²) in [6.45, 7) is 5.65. The maximum Gasteiger partial charge on any atom is 0.174 e. The lowest BCUT2D eigenvalue weighted by molar-refractivity contribution is 0.186. The summed E-state index contributed by atoms with van der Waals surface area (Å²) in [5.74, 6) is -0.271. The highest BCUT2D eigenvalue weighted by Crippen LogP contribution is 2.43. The quantitative estimate of drug-likeness (QED) is 0.592. The Morgan fingerprint density at radius 1 is 1.17 bits per heavy atom. The van der Waals surface area contributed by atoms with Gasteiger partial charge in [-0.2, -0.15) is 0 Å². The van der Waals surface area contributed by atoms with E-state index in [0.29, 0.717) is 11.7 Å². The minimum atomic E-state index is -0.271. The smallest absolute Gasteiger partial charge is 0.174 e. The van der Waals surface area contributed by atoms with Gasteiger partial charge in [0, 0.05) is 36.9 Å². The molecule has 1 aliphatic heterocycles. The lowest BCUT2D eigenvalue weighted by Crippen LogP contribution is -2.29. The molecule has 3 aromatic rings. The Labute approximate surface area is 181 Å². The van der Waals surface area contributed by atoms with Crippen LogP contribution in [0.1, 0.15) is 34.7 Å². The maximum absolute atomic E-state index is 13.6. The third-order valence-electron chi connectivity index (χ3n) is 5.65. The van der Waals surface area contributed by atoms with E-state index < -0.39 is 0 Å². The van der Waals surface area contributed by atoms with Crippen molar-refractivity contribution in [1.29, 1.82) is 0 Å². The molecule has 4 rings (SSSR count). The molecule has 7 heteroatoms. The highest BCUT2D eigenvalue weighted by atomic mass is 32.1. The van der Waals surface area contributed by atoms with Crippen LogP contribution < -0.4 is 10.2 Å². The Morgan fingerprint density at radius 2 is 1.93 bits per heavy atom. The number of pyridine rings is 1. The van der Waals surface area contributed by atoms with Crippen LogP contribution in [-0.2, 0) is 11.3 Å². The van der Waals surface area contributed by atoms with Crippen LogP contribution in [0.2, 0.25) is 0 Å². The van der Waals surface area contributed by atoms with Gasteiger partial charge in [0.15, 0.2) is 5.11 Å². The number of nitrogens with one attached hydrogen (secondary N) is 1. The average Bonchev–Trinajstić information content (AvgIpc) is 3.23. The number of aromatic nitrogens is 2. The van der Waals surface area contributed by atoms with Crippen molar-refractivity contribution in [2.24, 2.45) is 0 Å². The SMILES string of the molecule is COCCn1c(C)cc([C@H]2[C@H](c3ccccn3)NC(=S)N2c2ccc(F)cc2)c1C. The first-order chi connectivity index (χ1) is 14.5. The van der Waals surface area contributed by atoms with E-state index in [1.165, 1.54) is 12.1 Å². The van der Waals surface area contributed by atoms with Gasteiger partial charge in [0.05, 0.1) is 24.4 Å². The van der Waals surface area contributed by atoms with Crippen molar-refractivity contribution in [2.75, 3.05) is 18.6 Å². The molecule has 5 nitrogen and oxygen atoms in total. The number of nitrogens with zero attached hydrogens (tertiary/aromatic N) is 3. The third-order valence-corrected chi connectivity index (χ3v) is 5.97. The van der Waals surface area contributed by atoms with Gasteiger partial charge in [0.1, 0.15) is 5.82 Å². The number of anilines is 1. The molecule has 1 aliphatic rings. The molecule has 1 saturated heterocycles. The second kappa shape index (κ2) is 8.53. The summed E-state index contributed by atoms with van der Waals surface area (Å²) in [7, 11) is 1.71. The molecule has 0 saturated carbocycles. The molecule has 2 aromatic heterocycles. The van der Waals surface area contributed by atoms with Crippen LogP contribution >= 0.6 is 12.2 Å². The van der Waals surface area contributed by atoms with Gasteiger partial charge in [-0.25, -0.2) is 4.39 Å². The van der Waals surface area contributed by atoms with Gasteiger partial charge < -0.3 is 19.5 Å². The molecule has 3 heterocycles. The number of halogens is 1. The van der Waals surface area contributed by atoms with E-state index in [4.69, 9.17) is 17.0 Å². The van der Waals surface area contributed by atoms with Crippen LogP contribution in [0.15, 0.2) is 54.7 Å². The number of rotatable bonds is 6. The first-order valence-corrected chi connectivity index (χ1v) is 10.3. The van der Waals surface area contributed by atoms with E-state index in [1.54, 1.807) is 25.4 Å². The normalized spacial score (nSPS) is 18.7. The van der Waals surface area contributed by atoms with Gasteiger partial charge in [0.2, 0.25) is 0 Å². The minimum Gasteiger partial charge on any atom is -0.383 e. The monoisotopic (exact) mass is 424 g/mol. The summed E-state index contributed by atoms with van der Waals surface area (Å²) in [6.07, 6.45) is 1.79. The molecule has 30 heavy (non-hydrogen) atoms. The van der Waals surface area contributed by atoms with Crippen LogP contribution in [0.5, 0.6) is 0 Å². The fourth-order valence-electron chi connectivity index (χ4n) is 4.20. The number of aryl methyl sites for hydroxylation is 1. The van der Waals surface area contributed by atoms with Crippen molar-refractivity contribution >= 4 is 23.0 Å². The number of methoxy groups -OCH3 is 1. The minimum absolute atomic E-state index is 0.111. The molecular weight excluding hydrogens is 399 g/mol. The van der Waals surface area contributed by atoms with Crippen LogP contribution in [0.4, 0.5) is 10.1 Å². The van der Waals surface area contributed by atoms with Gasteiger partial charge in [-0.15, -0.1) is 0 Å². The van der Waals surface area contributed by atoms with Gasteiger partial charge in [-0.1, -0.05) is 6.07 Å². The summed E-state index contributed by atoms with van der Waals surface area (Å²) in [5, 5.41) is 4.05. The number of hydrogen-bond donors (Lipinski definition) is 1. The topological polar surface area (TPSA) is 42.3 Å². The van der Waals surface area contributed by atoms with Crippen LogP contribution in [0, 0.1) is 19.7 Å². The number of hydrogen-bond acceptors (Lipinski definition) is 3. The van der Waals surface area contributed by atoms with Crippen molar-refractivity contribution in [3.8, 4) is 0 Å². The molecular formula is C23H25FN4OS. The molecule has 156 valence electrons. The highest BCUT2D eigenvalue weighted by Gasteiger charge is 2.42. The second-order valence-corrected chi connectivity index (χ2v) is 7.83.